The van der Waals surface area contributed by atoms with Gasteiger partial charge in [0.05, 0.1) is 0 Å². The highest BCUT2D eigenvalue weighted by molar-refractivity contribution is 5.71. The summed E-state index contributed by atoms with van der Waals surface area (Å²) >= 11 is 0. The minimum Gasteiger partial charge on any atom is -0.462 e. The van der Waals surface area contributed by atoms with Crippen LogP contribution in [0.5, 0.6) is 0 Å². The Hall–Kier alpha value is -4.19. The minimum absolute atomic E-state index is 0.104. The number of rotatable bonds is 61. The van der Waals surface area contributed by atoms with Crippen LogP contribution in [0.4, 0.5) is 0 Å². The van der Waals surface area contributed by atoms with E-state index >= 15 is 0 Å². The molecule has 0 rings (SSSR count). The van der Waals surface area contributed by atoms with Gasteiger partial charge in [0.1, 0.15) is 13.2 Å². The summed E-state index contributed by atoms with van der Waals surface area (Å²) in [5, 5.41) is 0. The van der Waals surface area contributed by atoms with Crippen LogP contribution in [0.25, 0.3) is 0 Å². The van der Waals surface area contributed by atoms with E-state index in [1.165, 1.54) is 167 Å². The Morgan fingerprint density at radius 2 is 0.506 bits per heavy atom. The summed E-state index contributed by atoms with van der Waals surface area (Å²) < 4.78 is 16.9. The molecule has 462 valence electrons. The summed E-state index contributed by atoms with van der Waals surface area (Å²) in [7, 11) is 0. The van der Waals surface area contributed by atoms with Gasteiger partial charge in [-0.25, -0.2) is 0 Å². The number of hydrogen-bond acceptors (Lipinski definition) is 6. The standard InChI is InChI=1S/C75H126O6/c1-4-7-10-13-16-19-22-25-27-29-31-33-35-37-39-41-43-45-47-50-53-56-59-62-65-68-74(77)80-71-72(70-79-73(76)67-64-61-58-55-52-49-24-21-18-15-12-9-6-3)81-75(78)69-66-63-60-57-54-51-48-46-44-42-40-38-36-34-32-30-28-26-23-20-17-14-11-8-5-2/h7,9-10,12,16,18-19,21,25,27,30-33,37,39,49,52,58,61,72H,4-6,8,11,13-15,17,20,22-24,26,28-29,34-36,38,40-48,50-51,53-57,59-60,62-71H2,1-3H3/b10-7-,12-9-,19-16-,21-18-,27-25-,32-30-,33-31-,39-37-,52-49-,61-58-. The SMILES string of the molecule is CC/C=C\C/C=C\C/C=C\C/C=C\C/C=C\CCCCCCCCCCCC(=O)OCC(COC(=O)CC/C=C\C/C=C\C/C=C\C/C=C\CC)OC(=O)CCCCCCCCCCCCCCC/C=C\CCCCCCCCCC. The maximum absolute atomic E-state index is 12.9. The third-order valence-corrected chi connectivity index (χ3v) is 14.4. The molecule has 1 unspecified atom stereocenters. The molecule has 0 aliphatic carbocycles. The van der Waals surface area contributed by atoms with Gasteiger partial charge in [-0.3, -0.25) is 14.4 Å². The smallest absolute Gasteiger partial charge is 0.306 e. The van der Waals surface area contributed by atoms with E-state index in [0.717, 1.165) is 103 Å². The largest absolute Gasteiger partial charge is 0.462 e. The first-order valence-electron chi connectivity index (χ1n) is 34.0. The number of allylic oxidation sites excluding steroid dienone is 20. The number of hydrogen-bond donors (Lipinski definition) is 0. The van der Waals surface area contributed by atoms with Gasteiger partial charge < -0.3 is 14.2 Å². The van der Waals surface area contributed by atoms with Crippen molar-refractivity contribution >= 4 is 17.9 Å². The summed E-state index contributed by atoms with van der Waals surface area (Å²) in [4.78, 5) is 38.3. The monoisotopic (exact) mass is 1120 g/mol. The van der Waals surface area contributed by atoms with E-state index in [0.29, 0.717) is 19.3 Å². The van der Waals surface area contributed by atoms with Gasteiger partial charge in [0.25, 0.3) is 0 Å². The lowest BCUT2D eigenvalue weighted by molar-refractivity contribution is -0.166. The molecule has 1 atom stereocenters. The summed E-state index contributed by atoms with van der Waals surface area (Å²) in [6.07, 6.45) is 95.2. The second-order valence-corrected chi connectivity index (χ2v) is 22.3. The summed E-state index contributed by atoms with van der Waals surface area (Å²) in [6.45, 7) is 6.37. The van der Waals surface area contributed by atoms with Crippen LogP contribution >= 0.6 is 0 Å². The van der Waals surface area contributed by atoms with Crippen molar-refractivity contribution in [1.29, 1.82) is 0 Å². The van der Waals surface area contributed by atoms with Crippen molar-refractivity contribution in [3.8, 4) is 0 Å². The lowest BCUT2D eigenvalue weighted by Gasteiger charge is -2.18. The molecular formula is C75H126O6. The lowest BCUT2D eigenvalue weighted by Crippen LogP contribution is -2.30. The second kappa shape index (κ2) is 68.3. The van der Waals surface area contributed by atoms with Gasteiger partial charge in [0.2, 0.25) is 0 Å². The zero-order chi connectivity index (χ0) is 58.5. The summed E-state index contributed by atoms with van der Waals surface area (Å²) in [5.74, 6) is -0.987. The summed E-state index contributed by atoms with van der Waals surface area (Å²) in [5.41, 5.74) is 0. The van der Waals surface area contributed by atoms with E-state index < -0.39 is 6.10 Å². The van der Waals surface area contributed by atoms with E-state index in [4.69, 9.17) is 14.2 Å². The number of carbonyl (C=O) groups excluding carboxylic acids is 3. The molecule has 0 aromatic rings. The fraction of sp³-hybridized carbons (Fsp3) is 0.693. The lowest BCUT2D eigenvalue weighted by atomic mass is 10.0. The number of carbonyl (C=O) groups is 3. The Morgan fingerprint density at radius 1 is 0.259 bits per heavy atom. The molecule has 0 fully saturated rings. The molecule has 0 heterocycles. The topological polar surface area (TPSA) is 78.9 Å². The quantitative estimate of drug-likeness (QED) is 0.0261. The maximum Gasteiger partial charge on any atom is 0.306 e. The highest BCUT2D eigenvalue weighted by atomic mass is 16.6. The Kier molecular flexibility index (Phi) is 64.8. The molecule has 0 aromatic heterocycles. The predicted molar refractivity (Wildman–Crippen MR) is 353 cm³/mol. The van der Waals surface area contributed by atoms with E-state index in [2.05, 4.69) is 136 Å². The minimum atomic E-state index is -0.814. The zero-order valence-corrected chi connectivity index (χ0v) is 53.0. The first-order valence-corrected chi connectivity index (χ1v) is 34.0. The molecule has 0 aromatic carbocycles. The molecule has 0 N–H and O–H groups in total. The van der Waals surface area contributed by atoms with Crippen molar-refractivity contribution in [2.24, 2.45) is 0 Å². The van der Waals surface area contributed by atoms with Crippen LogP contribution in [0, 0.1) is 0 Å². The maximum atomic E-state index is 12.9. The highest BCUT2D eigenvalue weighted by Gasteiger charge is 2.19. The Morgan fingerprint density at radius 3 is 0.840 bits per heavy atom. The Bertz CT molecular complexity index is 1670. The van der Waals surface area contributed by atoms with Crippen LogP contribution in [0.3, 0.4) is 0 Å². The molecule has 6 nitrogen and oxygen atoms in total. The molecule has 0 aliphatic rings. The normalized spacial score (nSPS) is 12.9. The van der Waals surface area contributed by atoms with Crippen LogP contribution < -0.4 is 0 Å². The first-order chi connectivity index (χ1) is 40.0. The van der Waals surface area contributed by atoms with Crippen LogP contribution in [0.2, 0.25) is 0 Å². The van der Waals surface area contributed by atoms with Gasteiger partial charge in [-0.15, -0.1) is 0 Å². The average molecular weight is 1120 g/mol. The highest BCUT2D eigenvalue weighted by Crippen LogP contribution is 2.17. The van der Waals surface area contributed by atoms with Crippen molar-refractivity contribution in [3.05, 3.63) is 122 Å². The molecule has 0 saturated heterocycles. The zero-order valence-electron chi connectivity index (χ0n) is 53.0. The third-order valence-electron chi connectivity index (χ3n) is 14.4. The number of unbranched alkanes of at least 4 members (excludes halogenated alkanes) is 30. The van der Waals surface area contributed by atoms with Crippen LogP contribution in [0.1, 0.15) is 316 Å². The van der Waals surface area contributed by atoms with Crippen molar-refractivity contribution in [2.75, 3.05) is 13.2 Å². The molecule has 0 radical (unpaired) electrons. The van der Waals surface area contributed by atoms with Gasteiger partial charge in [0, 0.05) is 19.3 Å². The first kappa shape index (κ1) is 76.8. The second-order valence-electron chi connectivity index (χ2n) is 22.3. The van der Waals surface area contributed by atoms with Gasteiger partial charge in [0.15, 0.2) is 6.10 Å². The van der Waals surface area contributed by atoms with Crippen molar-refractivity contribution in [1.82, 2.24) is 0 Å². The Balaban J connectivity index is 4.34. The molecule has 0 aliphatic heterocycles. The molecule has 0 spiro atoms. The number of esters is 3. The van der Waals surface area contributed by atoms with Gasteiger partial charge in [-0.05, 0) is 116 Å². The molecule has 81 heavy (non-hydrogen) atoms. The van der Waals surface area contributed by atoms with Crippen LogP contribution in [-0.4, -0.2) is 37.2 Å². The van der Waals surface area contributed by atoms with E-state index in [1.54, 1.807) is 0 Å². The average Bonchev–Trinajstić information content (AvgIpc) is 3.46. The van der Waals surface area contributed by atoms with E-state index in [9.17, 15) is 14.4 Å². The number of ether oxygens (including phenoxy) is 3. The molecule has 0 saturated carbocycles. The summed E-state index contributed by atoms with van der Waals surface area (Å²) in [6, 6.07) is 0. The third kappa shape index (κ3) is 66.5. The van der Waals surface area contributed by atoms with E-state index in [1.807, 2.05) is 6.08 Å². The van der Waals surface area contributed by atoms with Crippen molar-refractivity contribution < 1.29 is 28.6 Å². The molecule has 0 amide bonds. The van der Waals surface area contributed by atoms with Crippen LogP contribution in [0.15, 0.2) is 122 Å². The molecule has 6 heteroatoms. The van der Waals surface area contributed by atoms with Crippen molar-refractivity contribution in [3.63, 3.8) is 0 Å². The van der Waals surface area contributed by atoms with Gasteiger partial charge in [-0.2, -0.15) is 0 Å². The predicted octanol–water partition coefficient (Wildman–Crippen LogP) is 23.6. The fourth-order valence-electron chi connectivity index (χ4n) is 9.42. The molecule has 0 bridgehead atoms. The van der Waals surface area contributed by atoms with E-state index in [-0.39, 0.29) is 37.5 Å². The van der Waals surface area contributed by atoms with Crippen LogP contribution in [-0.2, 0) is 28.6 Å². The van der Waals surface area contributed by atoms with Gasteiger partial charge >= 0.3 is 17.9 Å². The van der Waals surface area contributed by atoms with Gasteiger partial charge in [-0.1, -0.05) is 303 Å². The molecular weight excluding hydrogens is 997 g/mol. The fourth-order valence-corrected chi connectivity index (χ4v) is 9.42. The van der Waals surface area contributed by atoms with Crippen molar-refractivity contribution in [2.45, 2.75) is 322 Å². The Labute approximate surface area is 501 Å².